The number of aromatic nitrogens is 2. The molecule has 0 spiro atoms. The normalized spacial score (nSPS) is 11.6. The van der Waals surface area contributed by atoms with Crippen LogP contribution in [0.25, 0.3) is 11.4 Å². The summed E-state index contributed by atoms with van der Waals surface area (Å²) in [4.78, 5) is 16.5. The molecule has 8 nitrogen and oxygen atoms in total. The van der Waals surface area contributed by atoms with E-state index in [9.17, 15) is 17.6 Å². The van der Waals surface area contributed by atoms with Gasteiger partial charge in [-0.25, -0.2) is 12.8 Å². The summed E-state index contributed by atoms with van der Waals surface area (Å²) in [5.74, 6) is -0.548. The number of benzene rings is 2. The zero-order valence-electron chi connectivity index (χ0n) is 16.5. The van der Waals surface area contributed by atoms with Crippen LogP contribution in [0.1, 0.15) is 17.0 Å². The maximum atomic E-state index is 13.9. The minimum atomic E-state index is -3.74. The average molecular weight is 432 g/mol. The molecule has 0 atom stereocenters. The van der Waals surface area contributed by atoms with Crippen molar-refractivity contribution in [3.63, 3.8) is 0 Å². The number of carbonyl (C=O) groups excluding carboxylic acids is 1. The van der Waals surface area contributed by atoms with Gasteiger partial charge in [-0.3, -0.25) is 4.79 Å². The van der Waals surface area contributed by atoms with Crippen molar-refractivity contribution in [1.29, 1.82) is 0 Å². The molecule has 30 heavy (non-hydrogen) atoms. The second kappa shape index (κ2) is 9.14. The first-order valence-corrected chi connectivity index (χ1v) is 10.9. The fourth-order valence-electron chi connectivity index (χ4n) is 2.73. The minimum absolute atomic E-state index is 0.0606. The van der Waals surface area contributed by atoms with Crippen LogP contribution in [-0.4, -0.2) is 41.6 Å². The standard InChI is InChI=1S/C20H21FN4O4S/c1-14-6-5-8-15(10-14)20-23-19(29-24-20)11-22-18(26)13-25(30(2,27)28)12-16-7-3-4-9-17(16)21/h3-10H,11-13H2,1-2H3,(H,22,26). The summed E-state index contributed by atoms with van der Waals surface area (Å²) in [6, 6.07) is 13.4. The molecular formula is C20H21FN4O4S. The molecule has 1 amide bonds. The molecule has 2 aromatic carbocycles. The summed E-state index contributed by atoms with van der Waals surface area (Å²) in [7, 11) is -3.74. The van der Waals surface area contributed by atoms with E-state index >= 15 is 0 Å². The van der Waals surface area contributed by atoms with E-state index < -0.39 is 28.3 Å². The smallest absolute Gasteiger partial charge is 0.246 e. The maximum Gasteiger partial charge on any atom is 0.246 e. The number of amides is 1. The molecule has 3 aromatic rings. The Morgan fingerprint density at radius 1 is 1.20 bits per heavy atom. The summed E-state index contributed by atoms with van der Waals surface area (Å²) in [5.41, 5.74) is 2.00. The van der Waals surface area contributed by atoms with Crippen LogP contribution in [-0.2, 0) is 27.9 Å². The number of carbonyl (C=O) groups is 1. The highest BCUT2D eigenvalue weighted by Crippen LogP contribution is 2.17. The van der Waals surface area contributed by atoms with Crippen molar-refractivity contribution in [2.75, 3.05) is 12.8 Å². The molecule has 1 heterocycles. The molecule has 158 valence electrons. The lowest BCUT2D eigenvalue weighted by molar-refractivity contribution is -0.121. The molecular weight excluding hydrogens is 411 g/mol. The van der Waals surface area contributed by atoms with Gasteiger partial charge < -0.3 is 9.84 Å². The molecule has 3 rings (SSSR count). The number of hydrogen-bond donors (Lipinski definition) is 1. The van der Waals surface area contributed by atoms with Crippen molar-refractivity contribution < 1.29 is 22.1 Å². The van der Waals surface area contributed by atoms with E-state index in [2.05, 4.69) is 15.5 Å². The van der Waals surface area contributed by atoms with Crippen molar-refractivity contribution in [2.45, 2.75) is 20.0 Å². The molecule has 0 saturated heterocycles. The highest BCUT2D eigenvalue weighted by Gasteiger charge is 2.22. The van der Waals surface area contributed by atoms with E-state index in [1.54, 1.807) is 6.07 Å². The van der Waals surface area contributed by atoms with Gasteiger partial charge in [-0.2, -0.15) is 9.29 Å². The molecule has 0 saturated carbocycles. The first-order valence-electron chi connectivity index (χ1n) is 9.07. The van der Waals surface area contributed by atoms with Crippen molar-refractivity contribution in [2.24, 2.45) is 0 Å². The summed E-state index contributed by atoms with van der Waals surface area (Å²) >= 11 is 0. The largest absolute Gasteiger partial charge is 0.346 e. The molecule has 0 aliphatic rings. The Morgan fingerprint density at radius 2 is 1.97 bits per heavy atom. The monoisotopic (exact) mass is 432 g/mol. The van der Waals surface area contributed by atoms with Gasteiger partial charge in [0.1, 0.15) is 5.82 Å². The Bertz CT molecular complexity index is 1150. The zero-order chi connectivity index (χ0) is 21.7. The summed E-state index contributed by atoms with van der Waals surface area (Å²) in [6.07, 6.45) is 0.966. The second-order valence-electron chi connectivity index (χ2n) is 6.78. The first-order chi connectivity index (χ1) is 14.2. The Labute approximate surface area is 173 Å². The molecule has 10 heteroatoms. The Kier molecular flexibility index (Phi) is 6.58. The molecule has 0 aliphatic carbocycles. The van der Waals surface area contributed by atoms with Gasteiger partial charge in [0.05, 0.1) is 19.3 Å². The molecule has 0 bridgehead atoms. The highest BCUT2D eigenvalue weighted by atomic mass is 32.2. The van der Waals surface area contributed by atoms with Gasteiger partial charge in [0, 0.05) is 17.7 Å². The fraction of sp³-hybridized carbons (Fsp3) is 0.250. The number of nitrogens with zero attached hydrogens (tertiary/aromatic N) is 3. The number of nitrogens with one attached hydrogen (secondary N) is 1. The Morgan fingerprint density at radius 3 is 2.67 bits per heavy atom. The van der Waals surface area contributed by atoms with E-state index in [1.165, 1.54) is 18.2 Å². The van der Waals surface area contributed by atoms with Crippen LogP contribution < -0.4 is 5.32 Å². The summed E-state index contributed by atoms with van der Waals surface area (Å²) in [5, 5.41) is 6.43. The second-order valence-corrected chi connectivity index (χ2v) is 8.76. The van der Waals surface area contributed by atoms with Crippen molar-refractivity contribution in [3.05, 3.63) is 71.4 Å². The number of hydrogen-bond acceptors (Lipinski definition) is 6. The summed E-state index contributed by atoms with van der Waals surface area (Å²) < 4.78 is 43.9. The van der Waals surface area contributed by atoms with Crippen LogP contribution in [0.4, 0.5) is 4.39 Å². The third-order valence-electron chi connectivity index (χ3n) is 4.27. The van der Waals surface area contributed by atoms with Gasteiger partial charge in [0.25, 0.3) is 0 Å². The predicted octanol–water partition coefficient (Wildman–Crippen LogP) is 2.26. The maximum absolute atomic E-state index is 13.9. The van der Waals surface area contributed by atoms with Gasteiger partial charge >= 0.3 is 0 Å². The number of rotatable bonds is 8. The van der Waals surface area contributed by atoms with Crippen LogP contribution in [0, 0.1) is 12.7 Å². The lowest BCUT2D eigenvalue weighted by atomic mass is 10.1. The third kappa shape index (κ3) is 5.71. The zero-order valence-corrected chi connectivity index (χ0v) is 17.3. The van der Waals surface area contributed by atoms with Crippen molar-refractivity contribution in [1.82, 2.24) is 19.8 Å². The first kappa shape index (κ1) is 21.6. The van der Waals surface area contributed by atoms with Crippen LogP contribution in [0.5, 0.6) is 0 Å². The van der Waals surface area contributed by atoms with E-state index in [0.717, 1.165) is 21.7 Å². The third-order valence-corrected chi connectivity index (χ3v) is 5.47. The van der Waals surface area contributed by atoms with Crippen LogP contribution in [0.15, 0.2) is 53.1 Å². The van der Waals surface area contributed by atoms with Crippen molar-refractivity contribution >= 4 is 15.9 Å². The minimum Gasteiger partial charge on any atom is -0.346 e. The number of sulfonamides is 1. The molecule has 1 aromatic heterocycles. The van der Waals surface area contributed by atoms with E-state index in [0.29, 0.717) is 5.82 Å². The molecule has 0 fully saturated rings. The average Bonchev–Trinajstić information content (AvgIpc) is 3.16. The van der Waals surface area contributed by atoms with Crippen LogP contribution in [0.2, 0.25) is 0 Å². The lowest BCUT2D eigenvalue weighted by Crippen LogP contribution is -2.39. The van der Waals surface area contributed by atoms with Gasteiger partial charge in [-0.1, -0.05) is 47.1 Å². The molecule has 0 aliphatic heterocycles. The SMILES string of the molecule is Cc1cccc(-c2noc(CNC(=O)CN(Cc3ccccc3F)S(C)(=O)=O)n2)c1. The molecule has 0 unspecified atom stereocenters. The van der Waals surface area contributed by atoms with Crippen LogP contribution >= 0.6 is 0 Å². The van der Waals surface area contributed by atoms with E-state index in [4.69, 9.17) is 4.52 Å². The van der Waals surface area contributed by atoms with Gasteiger partial charge in [0.2, 0.25) is 27.6 Å². The fourth-order valence-corrected chi connectivity index (χ4v) is 3.45. The predicted molar refractivity (Wildman–Crippen MR) is 108 cm³/mol. The summed E-state index contributed by atoms with van der Waals surface area (Å²) in [6.45, 7) is 1.16. The van der Waals surface area contributed by atoms with Crippen LogP contribution in [0.3, 0.4) is 0 Å². The van der Waals surface area contributed by atoms with E-state index in [1.807, 2.05) is 31.2 Å². The molecule has 0 radical (unpaired) electrons. The topological polar surface area (TPSA) is 105 Å². The number of halogens is 1. The van der Waals surface area contributed by atoms with E-state index in [-0.39, 0.29) is 24.5 Å². The highest BCUT2D eigenvalue weighted by molar-refractivity contribution is 7.88. The molecule has 1 N–H and O–H groups in total. The quantitative estimate of drug-likeness (QED) is 0.585. The Balaban J connectivity index is 1.62. The Hall–Kier alpha value is -3.11. The van der Waals surface area contributed by atoms with Gasteiger partial charge in [-0.05, 0) is 19.1 Å². The lowest BCUT2D eigenvalue weighted by Gasteiger charge is -2.19. The van der Waals surface area contributed by atoms with Gasteiger partial charge in [-0.15, -0.1) is 0 Å². The van der Waals surface area contributed by atoms with Gasteiger partial charge in [0.15, 0.2) is 0 Å². The number of aryl methyl sites for hydroxylation is 1. The van der Waals surface area contributed by atoms with Crippen molar-refractivity contribution in [3.8, 4) is 11.4 Å².